The Hall–Kier alpha value is -3.26. The summed E-state index contributed by atoms with van der Waals surface area (Å²) in [6.07, 6.45) is -9.29. The van der Waals surface area contributed by atoms with Crippen molar-refractivity contribution in [2.45, 2.75) is 31.4 Å². The molecule has 0 spiro atoms. The molecule has 0 saturated carbocycles. The van der Waals surface area contributed by atoms with Gasteiger partial charge in [0, 0.05) is 17.1 Å². The topological polar surface area (TPSA) is 138 Å². The third kappa shape index (κ3) is 7.19. The Morgan fingerprint density at radius 2 is 1.74 bits per heavy atom. The number of nitrogens with one attached hydrogen (secondary N) is 2. The van der Waals surface area contributed by atoms with Gasteiger partial charge in [0.25, 0.3) is 0 Å². The fraction of sp³-hybridized carbons (Fsp3) is 0.273. The molecule has 3 aromatic rings. The van der Waals surface area contributed by atoms with Crippen molar-refractivity contribution in [2.24, 2.45) is 0 Å². The quantitative estimate of drug-likeness (QED) is 0.297. The lowest BCUT2D eigenvalue weighted by Crippen LogP contribution is -2.41. The van der Waals surface area contributed by atoms with Crippen molar-refractivity contribution < 1.29 is 33.0 Å². The highest BCUT2D eigenvalue weighted by molar-refractivity contribution is 6.42. The van der Waals surface area contributed by atoms with Gasteiger partial charge in [-0.25, -0.2) is 14.3 Å². The third-order valence-electron chi connectivity index (χ3n) is 5.21. The second-order valence-electron chi connectivity index (χ2n) is 7.89. The lowest BCUT2D eigenvalue weighted by Gasteiger charge is -2.19. The number of amides is 2. The number of hydrogen-bond donors (Lipinski definition) is 4. The molecule has 0 saturated heterocycles. The van der Waals surface area contributed by atoms with E-state index in [9.17, 15) is 32.7 Å². The maximum Gasteiger partial charge on any atom is 0.416 e. The van der Waals surface area contributed by atoms with E-state index in [-0.39, 0.29) is 33.5 Å². The predicted molar refractivity (Wildman–Crippen MR) is 132 cm³/mol. The minimum atomic E-state index is -5.01. The molecular formula is C22H19Cl3F3N5O5. The maximum absolute atomic E-state index is 13.0. The highest BCUT2D eigenvalue weighted by Gasteiger charge is 2.39. The van der Waals surface area contributed by atoms with E-state index in [0.717, 1.165) is 0 Å². The minimum absolute atomic E-state index is 0.0629. The minimum Gasteiger partial charge on any atom is -0.465 e. The van der Waals surface area contributed by atoms with Crippen LogP contribution in [0.15, 0.2) is 47.3 Å². The van der Waals surface area contributed by atoms with Crippen LogP contribution in [0.4, 0.5) is 18.0 Å². The smallest absolute Gasteiger partial charge is 0.416 e. The normalized spacial score (nSPS) is 13.1. The Morgan fingerprint density at radius 3 is 2.34 bits per heavy atom. The summed E-state index contributed by atoms with van der Waals surface area (Å²) in [4.78, 5) is 36.7. The Morgan fingerprint density at radius 1 is 1.08 bits per heavy atom. The lowest BCUT2D eigenvalue weighted by molar-refractivity contribution is -0.207. The van der Waals surface area contributed by atoms with E-state index in [0.29, 0.717) is 14.3 Å². The molecule has 1 heterocycles. The van der Waals surface area contributed by atoms with Gasteiger partial charge in [-0.2, -0.15) is 13.2 Å². The van der Waals surface area contributed by atoms with Crippen molar-refractivity contribution in [2.75, 3.05) is 6.54 Å². The molecule has 0 aliphatic rings. The Kier molecular flexibility index (Phi) is 9.31. The zero-order valence-electron chi connectivity index (χ0n) is 19.0. The average Bonchev–Trinajstić information content (AvgIpc) is 3.13. The zero-order valence-corrected chi connectivity index (χ0v) is 21.3. The first kappa shape index (κ1) is 29.3. The van der Waals surface area contributed by atoms with Crippen LogP contribution < -0.4 is 16.3 Å². The number of aliphatic hydroxyl groups is 1. The number of benzene rings is 2. The average molecular weight is 597 g/mol. The summed E-state index contributed by atoms with van der Waals surface area (Å²) < 4.78 is 40.2. The number of carbonyl (C=O) groups is 2. The highest BCUT2D eigenvalue weighted by Crippen LogP contribution is 2.30. The molecule has 1 unspecified atom stereocenters. The van der Waals surface area contributed by atoms with E-state index in [2.05, 4.69) is 15.7 Å². The first-order valence-electron chi connectivity index (χ1n) is 10.7. The van der Waals surface area contributed by atoms with Gasteiger partial charge in [0.2, 0.25) is 5.91 Å². The summed E-state index contributed by atoms with van der Waals surface area (Å²) in [5.74, 6) is -1.05. The van der Waals surface area contributed by atoms with Crippen LogP contribution in [0.3, 0.4) is 0 Å². The van der Waals surface area contributed by atoms with E-state index in [1.54, 1.807) is 0 Å². The van der Waals surface area contributed by atoms with E-state index in [4.69, 9.17) is 39.9 Å². The van der Waals surface area contributed by atoms with Crippen LogP contribution in [0.5, 0.6) is 0 Å². The fourth-order valence-electron chi connectivity index (χ4n) is 3.38. The molecule has 0 aliphatic heterocycles. The summed E-state index contributed by atoms with van der Waals surface area (Å²) in [6, 6.07) is 9.15. The van der Waals surface area contributed by atoms with Crippen LogP contribution in [0.1, 0.15) is 11.6 Å². The number of rotatable bonds is 9. The zero-order chi connectivity index (χ0) is 28.2. The summed E-state index contributed by atoms with van der Waals surface area (Å²) in [6.45, 7) is -2.20. The molecule has 204 valence electrons. The van der Waals surface area contributed by atoms with Crippen LogP contribution in [-0.2, 0) is 17.9 Å². The molecule has 10 nitrogen and oxygen atoms in total. The molecule has 0 bridgehead atoms. The predicted octanol–water partition coefficient (Wildman–Crippen LogP) is 3.72. The van der Waals surface area contributed by atoms with Crippen LogP contribution in [0, 0.1) is 0 Å². The summed E-state index contributed by atoms with van der Waals surface area (Å²) in [7, 11) is 0. The van der Waals surface area contributed by atoms with Crippen LogP contribution >= 0.6 is 34.8 Å². The Bertz CT molecular complexity index is 1380. The Balaban J connectivity index is 1.85. The fourth-order valence-corrected chi connectivity index (χ4v) is 3.95. The van der Waals surface area contributed by atoms with Gasteiger partial charge in [0.15, 0.2) is 11.9 Å². The molecule has 2 atom stereocenters. The van der Waals surface area contributed by atoms with E-state index in [1.807, 2.05) is 0 Å². The van der Waals surface area contributed by atoms with Crippen molar-refractivity contribution in [3.8, 4) is 11.4 Å². The van der Waals surface area contributed by atoms with Crippen molar-refractivity contribution in [1.82, 2.24) is 25.0 Å². The van der Waals surface area contributed by atoms with E-state index in [1.165, 1.54) is 42.5 Å². The van der Waals surface area contributed by atoms with Gasteiger partial charge in [-0.15, -0.1) is 5.10 Å². The molecule has 0 aliphatic carbocycles. The number of aromatic nitrogens is 3. The van der Waals surface area contributed by atoms with Gasteiger partial charge in [-0.3, -0.25) is 9.36 Å². The molecule has 38 heavy (non-hydrogen) atoms. The number of halogens is 6. The molecule has 4 N–H and O–H groups in total. The number of carbonyl (C=O) groups excluding carboxylic acids is 1. The maximum atomic E-state index is 13.0. The molecule has 16 heteroatoms. The third-order valence-corrected chi connectivity index (χ3v) is 6.30. The van der Waals surface area contributed by atoms with Crippen LogP contribution in [0.25, 0.3) is 11.4 Å². The van der Waals surface area contributed by atoms with Gasteiger partial charge in [-0.05, 0) is 35.9 Å². The summed E-state index contributed by atoms with van der Waals surface area (Å²) in [5, 5.41) is 27.8. The standard InChI is InChI=1S/C22H19Cl3F3N5O5/c23-12-6-4-11(5-7-12)19-31-33(21(38)32(19)9-16(34)22(26,27)28)10-17(35)29-8-15(30-20(36)37)13-2-1-3-14(24)18(13)25/h1-7,15-16,30,34H,8-10H2,(H,29,35)(H,36,37)/t15?,16-/m0/s1. The molecule has 2 amide bonds. The summed E-state index contributed by atoms with van der Waals surface area (Å²) >= 11 is 18.0. The van der Waals surface area contributed by atoms with Gasteiger partial charge in [-0.1, -0.05) is 46.9 Å². The number of alkyl halides is 3. The molecular weight excluding hydrogens is 578 g/mol. The number of aliphatic hydroxyl groups excluding tert-OH is 1. The molecule has 2 aromatic carbocycles. The van der Waals surface area contributed by atoms with Crippen LogP contribution in [-0.4, -0.2) is 55.4 Å². The molecule has 0 radical (unpaired) electrons. The van der Waals surface area contributed by atoms with E-state index < -0.39 is 49.1 Å². The van der Waals surface area contributed by atoms with Gasteiger partial charge >= 0.3 is 18.0 Å². The van der Waals surface area contributed by atoms with Crippen molar-refractivity contribution in [3.05, 3.63) is 73.6 Å². The second-order valence-corrected chi connectivity index (χ2v) is 9.11. The molecule has 0 fully saturated rings. The number of nitrogens with zero attached hydrogens (tertiary/aromatic N) is 3. The number of hydrogen-bond acceptors (Lipinski definition) is 5. The second kappa shape index (κ2) is 12.1. The van der Waals surface area contributed by atoms with Crippen molar-refractivity contribution >= 4 is 46.8 Å². The largest absolute Gasteiger partial charge is 0.465 e. The SMILES string of the molecule is O=C(O)NC(CNC(=O)Cn1nc(-c2ccc(Cl)cc2)n(C[C@H](O)C(F)(F)F)c1=O)c1cccc(Cl)c1Cl. The van der Waals surface area contributed by atoms with Gasteiger partial charge in [0.05, 0.1) is 22.6 Å². The molecule has 1 aromatic heterocycles. The highest BCUT2D eigenvalue weighted by atomic mass is 35.5. The first-order valence-corrected chi connectivity index (χ1v) is 11.8. The number of carboxylic acid groups (broad SMARTS) is 1. The molecule has 3 rings (SSSR count). The Labute approximate surface area is 227 Å². The first-order chi connectivity index (χ1) is 17.8. The van der Waals surface area contributed by atoms with Gasteiger partial charge in [0.1, 0.15) is 6.54 Å². The van der Waals surface area contributed by atoms with Gasteiger partial charge < -0.3 is 20.8 Å². The monoisotopic (exact) mass is 595 g/mol. The lowest BCUT2D eigenvalue weighted by atomic mass is 10.1. The van der Waals surface area contributed by atoms with Crippen molar-refractivity contribution in [1.29, 1.82) is 0 Å². The summed E-state index contributed by atoms with van der Waals surface area (Å²) in [5.41, 5.74) is -0.609. The van der Waals surface area contributed by atoms with Crippen molar-refractivity contribution in [3.63, 3.8) is 0 Å². The van der Waals surface area contributed by atoms with Crippen LogP contribution in [0.2, 0.25) is 15.1 Å². The van der Waals surface area contributed by atoms with E-state index >= 15 is 0 Å².